The van der Waals surface area contributed by atoms with Gasteiger partial charge in [-0.05, 0) is 111 Å². The molecule has 0 aliphatic heterocycles. The van der Waals surface area contributed by atoms with Crippen LogP contribution in [0.5, 0.6) is 11.5 Å². The summed E-state index contributed by atoms with van der Waals surface area (Å²) in [4.78, 5) is 81.5. The number of aromatic nitrogens is 2. The fraction of sp³-hybridized carbons (Fsp3) is 0.314. The van der Waals surface area contributed by atoms with Gasteiger partial charge in [-0.3, -0.25) is 28.8 Å². The van der Waals surface area contributed by atoms with Gasteiger partial charge in [0.15, 0.2) is 0 Å². The van der Waals surface area contributed by atoms with E-state index in [4.69, 9.17) is 38.4 Å². The summed E-state index contributed by atoms with van der Waals surface area (Å²) in [5.74, 6) is -2.17. The number of esters is 6. The van der Waals surface area contributed by atoms with Crippen molar-refractivity contribution in [1.82, 2.24) is 9.97 Å². The number of pyridine rings is 2. The molecule has 2 aromatic heterocycles. The maximum Gasteiger partial charge on any atom is 0.313 e. The molecule has 447 valence electrons. The summed E-state index contributed by atoms with van der Waals surface area (Å²) in [6.45, 7) is 0.775. The Balaban J connectivity index is 0.000000188. The van der Waals surface area contributed by atoms with Gasteiger partial charge in [-0.25, -0.2) is 9.97 Å². The maximum atomic E-state index is 12.7. The topological polar surface area (TPSA) is 202 Å². The van der Waals surface area contributed by atoms with Crippen molar-refractivity contribution >= 4 is 66.0 Å². The SMILES string of the molecule is COC(=O)[C@@H]1CC[C@]1(Cc1ccc(OCc2cc(-c3ccccc3)nc3ccccc23)cc1)C(=O)OC.COC(=O)[C@H]1CC[C@H]1C(=O)OC.COC(=O)[C@H]1CC[C@]1(Cc1ccc(OCc2cc(-c3ccccc3)nc3ccccc23)cc1)C(=O)OC.[B]. The highest BCUT2D eigenvalue weighted by atomic mass is 16.5. The van der Waals surface area contributed by atoms with Crippen molar-refractivity contribution in [1.29, 1.82) is 0 Å². The molecule has 17 heteroatoms. The highest BCUT2D eigenvalue weighted by molar-refractivity contribution is 5.90. The van der Waals surface area contributed by atoms with Crippen LogP contribution in [0.2, 0.25) is 0 Å². The molecular weight excluding hydrogens is 1100 g/mol. The van der Waals surface area contributed by atoms with Crippen molar-refractivity contribution in [2.75, 3.05) is 42.7 Å². The summed E-state index contributed by atoms with van der Waals surface area (Å²) in [5, 5.41) is 2.11. The van der Waals surface area contributed by atoms with E-state index in [1.807, 2.05) is 121 Å². The number of hydrogen-bond acceptors (Lipinski definition) is 16. The number of methoxy groups -OCH3 is 6. The van der Waals surface area contributed by atoms with E-state index in [0.29, 0.717) is 51.7 Å². The van der Waals surface area contributed by atoms with Gasteiger partial charge in [0.05, 0.1) is 99.6 Å². The van der Waals surface area contributed by atoms with Crippen LogP contribution in [0.15, 0.2) is 170 Å². The number of benzene rings is 6. The second-order valence-electron chi connectivity index (χ2n) is 21.7. The normalized spacial score (nSPS) is 19.6. The van der Waals surface area contributed by atoms with Gasteiger partial charge in [-0.2, -0.15) is 0 Å². The molecule has 0 spiro atoms. The first-order valence-electron chi connectivity index (χ1n) is 28.6. The van der Waals surface area contributed by atoms with Gasteiger partial charge in [0, 0.05) is 41.4 Å². The number of hydrogen-bond donors (Lipinski definition) is 0. The van der Waals surface area contributed by atoms with Gasteiger partial charge in [-0.15, -0.1) is 0 Å². The van der Waals surface area contributed by atoms with Gasteiger partial charge < -0.3 is 37.9 Å². The summed E-state index contributed by atoms with van der Waals surface area (Å²) in [6.07, 6.45) is 4.71. The third kappa shape index (κ3) is 14.2. The number of nitrogens with zero attached hydrogens (tertiary/aromatic N) is 2. The first-order valence-corrected chi connectivity index (χ1v) is 28.6. The Kier molecular flexibility index (Phi) is 21.3. The van der Waals surface area contributed by atoms with Crippen molar-refractivity contribution in [3.8, 4) is 34.0 Å². The van der Waals surface area contributed by atoms with Gasteiger partial charge in [0.25, 0.3) is 0 Å². The molecule has 0 unspecified atom stereocenters. The minimum Gasteiger partial charge on any atom is -0.489 e. The molecule has 3 saturated carbocycles. The molecule has 6 atom stereocenters. The lowest BCUT2D eigenvalue weighted by Gasteiger charge is -2.45. The molecule has 0 saturated heterocycles. The third-order valence-corrected chi connectivity index (χ3v) is 16.9. The lowest BCUT2D eigenvalue weighted by Crippen LogP contribution is -2.52. The average molecular weight is 1170 g/mol. The Bertz CT molecular complexity index is 3450. The maximum absolute atomic E-state index is 12.7. The lowest BCUT2D eigenvalue weighted by atomic mass is 9.57. The van der Waals surface area contributed by atoms with Crippen molar-refractivity contribution in [2.24, 2.45) is 34.5 Å². The van der Waals surface area contributed by atoms with Crippen molar-refractivity contribution < 1.29 is 66.7 Å². The number of carbonyl (C=O) groups is 6. The number of fused-ring (bicyclic) bond motifs is 2. The molecule has 3 aliphatic rings. The number of para-hydroxylation sites is 2. The number of rotatable bonds is 18. The fourth-order valence-corrected chi connectivity index (χ4v) is 11.8. The number of carbonyl (C=O) groups excluding carboxylic acids is 6. The molecule has 16 nitrogen and oxygen atoms in total. The van der Waals surface area contributed by atoms with Crippen LogP contribution in [-0.4, -0.2) is 96.9 Å². The minimum atomic E-state index is -0.881. The van der Waals surface area contributed by atoms with E-state index in [-0.39, 0.29) is 56.1 Å². The van der Waals surface area contributed by atoms with Crippen LogP contribution in [-0.2, 0) is 83.2 Å². The zero-order valence-corrected chi connectivity index (χ0v) is 49.7. The predicted molar refractivity (Wildman–Crippen MR) is 328 cm³/mol. The predicted octanol–water partition coefficient (Wildman–Crippen LogP) is 11.5. The second kappa shape index (κ2) is 29.1. The largest absolute Gasteiger partial charge is 0.489 e. The van der Waals surface area contributed by atoms with Crippen LogP contribution in [0.4, 0.5) is 0 Å². The molecule has 6 aromatic carbocycles. The highest BCUT2D eigenvalue weighted by Crippen LogP contribution is 2.52. The number of ether oxygens (including phenoxy) is 8. The molecule has 0 bridgehead atoms. The van der Waals surface area contributed by atoms with Crippen LogP contribution in [0.25, 0.3) is 44.3 Å². The van der Waals surface area contributed by atoms with E-state index in [2.05, 4.69) is 58.0 Å². The highest BCUT2D eigenvalue weighted by Gasteiger charge is 2.58. The van der Waals surface area contributed by atoms with E-state index < -0.39 is 22.7 Å². The summed E-state index contributed by atoms with van der Waals surface area (Å²) in [6, 6.07) is 55.8. The van der Waals surface area contributed by atoms with Gasteiger partial charge in [0.1, 0.15) is 24.7 Å². The molecule has 3 aliphatic carbocycles. The monoisotopic (exact) mass is 1170 g/mol. The molecule has 2 heterocycles. The van der Waals surface area contributed by atoms with Gasteiger partial charge in [-0.1, -0.05) is 121 Å². The Morgan fingerprint density at radius 1 is 0.414 bits per heavy atom. The fourth-order valence-electron chi connectivity index (χ4n) is 11.8. The summed E-state index contributed by atoms with van der Waals surface area (Å²) >= 11 is 0. The van der Waals surface area contributed by atoms with Crippen molar-refractivity contribution in [3.63, 3.8) is 0 Å². The average Bonchev–Trinajstić information content (AvgIpc) is 1.57. The van der Waals surface area contributed by atoms with E-state index in [9.17, 15) is 28.8 Å². The molecule has 11 rings (SSSR count). The molecule has 0 amide bonds. The van der Waals surface area contributed by atoms with Crippen LogP contribution in [0.1, 0.15) is 60.8 Å². The summed E-state index contributed by atoms with van der Waals surface area (Å²) < 4.78 is 41.4. The van der Waals surface area contributed by atoms with Crippen molar-refractivity contribution in [3.05, 3.63) is 192 Å². The molecule has 3 fully saturated rings. The quantitative estimate of drug-likeness (QED) is 0.0445. The van der Waals surface area contributed by atoms with Gasteiger partial charge in [0.2, 0.25) is 0 Å². The third-order valence-electron chi connectivity index (χ3n) is 16.9. The Hall–Kier alpha value is -9.38. The zero-order valence-electron chi connectivity index (χ0n) is 49.7. The standard InChI is InChI=1S/2C31H29NO5.C8H12O4.B/c2*1-35-29(33)26-16-17-31(26,30(34)36-2)19-21-12-14-24(15-13-21)37-20-23-18-28(22-8-4-3-5-9-22)32-27-11-7-6-10-25(23)27;1-11-7(9)5-3-4-6(5)8(10)12-2;/h2*3-15,18,26H,16-17,19-20H2,1-2H3;5-6H,3-4H2,1-2H3;/t26-,31+;26-,31-;5-,6+;/m01../s1. The molecule has 0 N–H and O–H groups in total. The van der Waals surface area contributed by atoms with Crippen LogP contribution < -0.4 is 9.47 Å². The van der Waals surface area contributed by atoms with Crippen LogP contribution in [0, 0.1) is 34.5 Å². The smallest absolute Gasteiger partial charge is 0.313 e. The first-order chi connectivity index (χ1) is 41.8. The molecule has 3 radical (unpaired) electrons. The zero-order chi connectivity index (χ0) is 60.8. The summed E-state index contributed by atoms with van der Waals surface area (Å²) in [7, 11) is 8.08. The Morgan fingerprint density at radius 2 is 0.759 bits per heavy atom. The Morgan fingerprint density at radius 3 is 1.07 bits per heavy atom. The molecule has 8 aromatic rings. The van der Waals surface area contributed by atoms with E-state index in [1.54, 1.807) is 0 Å². The first kappa shape index (κ1) is 63.6. The lowest BCUT2D eigenvalue weighted by molar-refractivity contribution is -0.177. The second-order valence-corrected chi connectivity index (χ2v) is 21.7. The van der Waals surface area contributed by atoms with Gasteiger partial charge >= 0.3 is 35.8 Å². The molecular formula is C70H70BN2O14. The van der Waals surface area contributed by atoms with E-state index in [1.165, 1.54) is 42.7 Å². The van der Waals surface area contributed by atoms with E-state index >= 15 is 0 Å². The van der Waals surface area contributed by atoms with Crippen LogP contribution in [0.3, 0.4) is 0 Å². The minimum absolute atomic E-state index is 0. The van der Waals surface area contributed by atoms with Crippen LogP contribution >= 0.6 is 0 Å². The molecule has 87 heavy (non-hydrogen) atoms. The Labute approximate surface area is 508 Å². The summed E-state index contributed by atoms with van der Waals surface area (Å²) in [5.41, 5.74) is 7.98. The van der Waals surface area contributed by atoms with Crippen molar-refractivity contribution in [2.45, 2.75) is 64.6 Å². The van der Waals surface area contributed by atoms with E-state index in [0.717, 1.165) is 90.9 Å².